The first-order chi connectivity index (χ1) is 13.5. The van der Waals surface area contributed by atoms with Gasteiger partial charge in [-0.2, -0.15) is 0 Å². The van der Waals surface area contributed by atoms with E-state index in [0.717, 1.165) is 0 Å². The molecule has 0 aliphatic heterocycles. The highest BCUT2D eigenvalue weighted by Crippen LogP contribution is 2.26. The fourth-order valence-corrected chi connectivity index (χ4v) is 2.58. The van der Waals surface area contributed by atoms with Gasteiger partial charge < -0.3 is 24.3 Å². The number of carboxylic acids is 1. The van der Waals surface area contributed by atoms with Gasteiger partial charge in [0.05, 0.1) is 12.8 Å². The van der Waals surface area contributed by atoms with Gasteiger partial charge in [-0.1, -0.05) is 12.1 Å². The summed E-state index contributed by atoms with van der Waals surface area (Å²) in [6.45, 7) is 1.74. The molecule has 7 heteroatoms. The third kappa shape index (κ3) is 4.32. The number of carbonyl (C=O) groups is 2. The molecule has 1 aromatic heterocycles. The monoisotopic (exact) mass is 381 g/mol. The number of carbonyl (C=O) groups excluding carboxylic acids is 1. The van der Waals surface area contributed by atoms with Gasteiger partial charge in [-0.05, 0) is 55.5 Å². The summed E-state index contributed by atoms with van der Waals surface area (Å²) in [6, 6.07) is 16.7. The molecule has 0 bridgehead atoms. The molecular formula is C21H19NO6. The Labute approximate surface area is 161 Å². The molecule has 1 heterocycles. The maximum atomic E-state index is 12.4. The second-order valence-electron chi connectivity index (χ2n) is 5.95. The van der Waals surface area contributed by atoms with Crippen LogP contribution in [0.1, 0.15) is 39.7 Å². The summed E-state index contributed by atoms with van der Waals surface area (Å²) < 4.78 is 16.2. The summed E-state index contributed by atoms with van der Waals surface area (Å²) in [7, 11) is 1.54. The Morgan fingerprint density at radius 3 is 2.39 bits per heavy atom. The topological polar surface area (TPSA) is 98.0 Å². The fraction of sp³-hybridized carbons (Fsp3) is 0.143. The van der Waals surface area contributed by atoms with E-state index in [1.807, 2.05) is 6.07 Å². The van der Waals surface area contributed by atoms with Crippen molar-refractivity contribution in [1.82, 2.24) is 0 Å². The molecule has 0 saturated carbocycles. The molecule has 1 amide bonds. The fourth-order valence-electron chi connectivity index (χ4n) is 2.58. The van der Waals surface area contributed by atoms with Gasteiger partial charge in [-0.25, -0.2) is 4.79 Å². The Bertz CT molecular complexity index is 977. The third-order valence-electron chi connectivity index (χ3n) is 4.02. The van der Waals surface area contributed by atoms with E-state index in [2.05, 4.69) is 5.32 Å². The van der Waals surface area contributed by atoms with Crippen LogP contribution in [-0.2, 0) is 0 Å². The van der Waals surface area contributed by atoms with Crippen LogP contribution >= 0.6 is 0 Å². The van der Waals surface area contributed by atoms with Crippen LogP contribution in [0.4, 0.5) is 5.69 Å². The van der Waals surface area contributed by atoms with Crippen LogP contribution in [0.2, 0.25) is 0 Å². The predicted molar refractivity (Wildman–Crippen MR) is 102 cm³/mol. The number of furan rings is 1. The third-order valence-corrected chi connectivity index (χ3v) is 4.02. The largest absolute Gasteiger partial charge is 0.495 e. The van der Waals surface area contributed by atoms with Crippen molar-refractivity contribution in [2.45, 2.75) is 13.0 Å². The summed E-state index contributed by atoms with van der Waals surface area (Å²) in [5.41, 5.74) is 1.04. The van der Waals surface area contributed by atoms with E-state index in [1.165, 1.54) is 13.2 Å². The minimum atomic E-state index is -1.14. The van der Waals surface area contributed by atoms with Crippen molar-refractivity contribution in [1.29, 1.82) is 0 Å². The van der Waals surface area contributed by atoms with Crippen molar-refractivity contribution in [2.24, 2.45) is 0 Å². The van der Waals surface area contributed by atoms with Gasteiger partial charge in [0, 0.05) is 5.56 Å². The Balaban J connectivity index is 1.65. The maximum absolute atomic E-state index is 12.4. The van der Waals surface area contributed by atoms with Crippen LogP contribution in [0.3, 0.4) is 0 Å². The molecule has 0 aliphatic carbocycles. The van der Waals surface area contributed by atoms with E-state index >= 15 is 0 Å². The average molecular weight is 381 g/mol. The first kappa shape index (κ1) is 19.0. The minimum absolute atomic E-state index is 0.145. The number of hydrogen-bond acceptors (Lipinski definition) is 5. The number of rotatable bonds is 7. The molecule has 2 N–H and O–H groups in total. The molecule has 3 aromatic rings. The molecule has 28 heavy (non-hydrogen) atoms. The molecule has 3 rings (SSSR count). The number of methoxy groups -OCH3 is 1. The number of hydrogen-bond donors (Lipinski definition) is 2. The van der Waals surface area contributed by atoms with Crippen LogP contribution in [0.25, 0.3) is 0 Å². The quantitative estimate of drug-likeness (QED) is 0.630. The second-order valence-corrected chi connectivity index (χ2v) is 5.95. The zero-order chi connectivity index (χ0) is 20.1. The summed E-state index contributed by atoms with van der Waals surface area (Å²) in [5, 5.41) is 11.7. The van der Waals surface area contributed by atoms with Crippen LogP contribution in [0.5, 0.6) is 11.5 Å². The van der Waals surface area contributed by atoms with Crippen molar-refractivity contribution >= 4 is 17.6 Å². The van der Waals surface area contributed by atoms with E-state index in [0.29, 0.717) is 28.5 Å². The highest BCUT2D eigenvalue weighted by molar-refractivity contribution is 6.05. The minimum Gasteiger partial charge on any atom is -0.495 e. The van der Waals surface area contributed by atoms with Gasteiger partial charge in [0.25, 0.3) is 5.91 Å². The summed E-state index contributed by atoms with van der Waals surface area (Å²) >= 11 is 0. The number of benzene rings is 2. The number of carboxylic acid groups (broad SMARTS) is 1. The van der Waals surface area contributed by atoms with E-state index in [-0.39, 0.29) is 11.7 Å². The van der Waals surface area contributed by atoms with Gasteiger partial charge in [-0.15, -0.1) is 0 Å². The maximum Gasteiger partial charge on any atom is 0.371 e. The molecular weight excluding hydrogens is 362 g/mol. The first-order valence-corrected chi connectivity index (χ1v) is 8.52. The molecule has 0 radical (unpaired) electrons. The summed E-state index contributed by atoms with van der Waals surface area (Å²) in [5.74, 6) is -0.0623. The van der Waals surface area contributed by atoms with Crippen molar-refractivity contribution in [3.63, 3.8) is 0 Å². The molecule has 2 aromatic carbocycles. The van der Waals surface area contributed by atoms with Crippen LogP contribution in [-0.4, -0.2) is 24.1 Å². The standard InChI is InChI=1S/C21H19NO6/c1-13(17-11-12-19(28-17)21(24)25)27-15-9-7-14(8-10-15)20(23)22-16-5-3-4-6-18(16)26-2/h3-13H,1-2H3,(H,22,23)(H,24,25). The highest BCUT2D eigenvalue weighted by Gasteiger charge is 2.16. The number of anilines is 1. The predicted octanol–water partition coefficient (Wildman–Crippen LogP) is 4.38. The van der Waals surface area contributed by atoms with Crippen molar-refractivity contribution in [2.75, 3.05) is 12.4 Å². The van der Waals surface area contributed by atoms with E-state index in [1.54, 1.807) is 55.5 Å². The van der Waals surface area contributed by atoms with Crippen molar-refractivity contribution in [3.05, 3.63) is 77.7 Å². The van der Waals surface area contributed by atoms with Crippen LogP contribution in [0, 0.1) is 0 Å². The first-order valence-electron chi connectivity index (χ1n) is 8.52. The smallest absolute Gasteiger partial charge is 0.371 e. The zero-order valence-corrected chi connectivity index (χ0v) is 15.3. The molecule has 7 nitrogen and oxygen atoms in total. The molecule has 0 spiro atoms. The van der Waals surface area contributed by atoms with Gasteiger partial charge in [-0.3, -0.25) is 4.79 Å². The van der Waals surface area contributed by atoms with E-state index in [4.69, 9.17) is 19.0 Å². The lowest BCUT2D eigenvalue weighted by molar-refractivity contribution is 0.0655. The number of amides is 1. The molecule has 0 aliphatic rings. The van der Waals surface area contributed by atoms with Crippen LogP contribution < -0.4 is 14.8 Å². The number of para-hydroxylation sites is 2. The number of ether oxygens (including phenoxy) is 2. The number of aromatic carboxylic acids is 1. The van der Waals surface area contributed by atoms with E-state index < -0.39 is 12.1 Å². The molecule has 0 saturated heterocycles. The van der Waals surface area contributed by atoms with Gasteiger partial charge in [0.2, 0.25) is 5.76 Å². The second kappa shape index (κ2) is 8.30. The lowest BCUT2D eigenvalue weighted by atomic mass is 10.2. The lowest BCUT2D eigenvalue weighted by Crippen LogP contribution is -2.12. The van der Waals surface area contributed by atoms with Gasteiger partial charge >= 0.3 is 5.97 Å². The summed E-state index contributed by atoms with van der Waals surface area (Å²) in [6.07, 6.45) is -0.485. The van der Waals surface area contributed by atoms with E-state index in [9.17, 15) is 9.59 Å². The summed E-state index contributed by atoms with van der Waals surface area (Å²) in [4.78, 5) is 23.3. The SMILES string of the molecule is COc1ccccc1NC(=O)c1ccc(OC(C)c2ccc(C(=O)O)o2)cc1. The molecule has 1 unspecified atom stereocenters. The van der Waals surface area contributed by atoms with Crippen LogP contribution in [0.15, 0.2) is 65.1 Å². The average Bonchev–Trinajstić information content (AvgIpc) is 3.20. The molecule has 144 valence electrons. The normalized spacial score (nSPS) is 11.5. The number of nitrogens with one attached hydrogen (secondary N) is 1. The Kier molecular flexibility index (Phi) is 5.64. The molecule has 0 fully saturated rings. The zero-order valence-electron chi connectivity index (χ0n) is 15.3. The van der Waals surface area contributed by atoms with Gasteiger partial charge in [0.15, 0.2) is 6.10 Å². The highest BCUT2D eigenvalue weighted by atomic mass is 16.5. The Morgan fingerprint density at radius 2 is 1.75 bits per heavy atom. The molecule has 1 atom stereocenters. The Morgan fingerprint density at radius 1 is 1.04 bits per heavy atom. The lowest BCUT2D eigenvalue weighted by Gasteiger charge is -2.13. The van der Waals surface area contributed by atoms with Gasteiger partial charge in [0.1, 0.15) is 17.3 Å². The Hall–Kier alpha value is -3.74. The van der Waals surface area contributed by atoms with Crippen molar-refractivity contribution in [3.8, 4) is 11.5 Å². The van der Waals surface area contributed by atoms with Crippen molar-refractivity contribution < 1.29 is 28.6 Å².